The summed E-state index contributed by atoms with van der Waals surface area (Å²) in [7, 11) is 0. The van der Waals surface area contributed by atoms with Crippen molar-refractivity contribution in [3.8, 4) is 11.5 Å². The molecule has 1 amide bonds. The lowest BCUT2D eigenvalue weighted by atomic mass is 9.93. The Labute approximate surface area is 159 Å². The summed E-state index contributed by atoms with van der Waals surface area (Å²) in [6.07, 6.45) is 6.96. The number of aryl methyl sites for hydroxylation is 1. The second-order valence-corrected chi connectivity index (χ2v) is 7.74. The zero-order valence-corrected chi connectivity index (χ0v) is 15.9. The molecule has 0 spiro atoms. The van der Waals surface area contributed by atoms with Crippen LogP contribution in [0.5, 0.6) is 0 Å². The summed E-state index contributed by atoms with van der Waals surface area (Å²) in [5.41, 5.74) is 1.87. The second-order valence-electron chi connectivity index (χ2n) is 7.74. The average molecular weight is 369 g/mol. The third-order valence-corrected chi connectivity index (χ3v) is 5.60. The van der Waals surface area contributed by atoms with Crippen LogP contribution in [0.1, 0.15) is 37.1 Å². The molecule has 27 heavy (non-hydrogen) atoms. The summed E-state index contributed by atoms with van der Waals surface area (Å²) in [6.45, 7) is 6.40. The molecule has 0 atom stereocenters. The van der Waals surface area contributed by atoms with E-state index >= 15 is 0 Å². The molecule has 4 heterocycles. The minimum absolute atomic E-state index is 0.279. The van der Waals surface area contributed by atoms with E-state index < -0.39 is 0 Å². The Hall–Kier alpha value is -2.28. The van der Waals surface area contributed by atoms with Gasteiger partial charge in [0.1, 0.15) is 5.69 Å². The van der Waals surface area contributed by atoms with E-state index in [0.717, 1.165) is 56.7 Å². The van der Waals surface area contributed by atoms with Crippen molar-refractivity contribution >= 4 is 5.91 Å². The molecule has 0 bridgehead atoms. The van der Waals surface area contributed by atoms with Gasteiger partial charge in [-0.1, -0.05) is 5.16 Å². The fourth-order valence-electron chi connectivity index (χ4n) is 3.97. The topological polar surface area (TPSA) is 75.4 Å². The first-order valence-electron chi connectivity index (χ1n) is 9.93. The number of piperidine rings is 1. The SMILES string of the molecule is Cc1ccnc(-c2noc(CC3CCN(C(=O)CN4CCCC4)CC3)n2)c1. The summed E-state index contributed by atoms with van der Waals surface area (Å²) in [5, 5.41) is 4.07. The molecule has 2 aliphatic heterocycles. The quantitative estimate of drug-likeness (QED) is 0.805. The Morgan fingerprint density at radius 1 is 1.22 bits per heavy atom. The molecule has 2 aromatic heterocycles. The van der Waals surface area contributed by atoms with E-state index in [-0.39, 0.29) is 5.91 Å². The van der Waals surface area contributed by atoms with Crippen molar-refractivity contribution in [3.63, 3.8) is 0 Å². The molecule has 2 fully saturated rings. The Kier molecular flexibility index (Phi) is 5.48. The Balaban J connectivity index is 1.27. The molecule has 0 N–H and O–H groups in total. The van der Waals surface area contributed by atoms with Crippen molar-refractivity contribution in [1.82, 2.24) is 24.9 Å². The Morgan fingerprint density at radius 2 is 2.00 bits per heavy atom. The largest absolute Gasteiger partial charge is 0.342 e. The monoisotopic (exact) mass is 369 g/mol. The number of pyridine rings is 1. The van der Waals surface area contributed by atoms with Crippen LogP contribution < -0.4 is 0 Å². The van der Waals surface area contributed by atoms with E-state index in [4.69, 9.17) is 4.52 Å². The fourth-order valence-corrected chi connectivity index (χ4v) is 3.97. The molecule has 0 radical (unpaired) electrons. The summed E-state index contributed by atoms with van der Waals surface area (Å²) in [6, 6.07) is 3.91. The number of nitrogens with zero attached hydrogens (tertiary/aromatic N) is 5. The minimum Gasteiger partial charge on any atom is -0.342 e. The van der Waals surface area contributed by atoms with Crippen molar-refractivity contribution < 1.29 is 9.32 Å². The highest BCUT2D eigenvalue weighted by Crippen LogP contribution is 2.23. The first-order valence-corrected chi connectivity index (χ1v) is 9.93. The molecule has 0 unspecified atom stereocenters. The van der Waals surface area contributed by atoms with Crippen LogP contribution in [0.3, 0.4) is 0 Å². The molecular weight excluding hydrogens is 342 g/mol. The van der Waals surface area contributed by atoms with Gasteiger partial charge in [0.25, 0.3) is 0 Å². The molecule has 0 saturated carbocycles. The van der Waals surface area contributed by atoms with E-state index in [0.29, 0.717) is 24.2 Å². The van der Waals surface area contributed by atoms with Gasteiger partial charge < -0.3 is 9.42 Å². The molecule has 144 valence electrons. The van der Waals surface area contributed by atoms with Gasteiger partial charge in [-0.2, -0.15) is 4.98 Å². The molecule has 2 aromatic rings. The summed E-state index contributed by atoms with van der Waals surface area (Å²) >= 11 is 0. The van der Waals surface area contributed by atoms with Crippen molar-refractivity contribution in [3.05, 3.63) is 29.8 Å². The lowest BCUT2D eigenvalue weighted by molar-refractivity contribution is -0.133. The Bertz CT molecular complexity index is 776. The van der Waals surface area contributed by atoms with Crippen molar-refractivity contribution in [2.75, 3.05) is 32.7 Å². The van der Waals surface area contributed by atoms with Crippen LogP contribution in [0.2, 0.25) is 0 Å². The highest BCUT2D eigenvalue weighted by Gasteiger charge is 2.26. The van der Waals surface area contributed by atoms with Gasteiger partial charge in [0, 0.05) is 25.7 Å². The van der Waals surface area contributed by atoms with Crippen LogP contribution in [-0.4, -0.2) is 63.6 Å². The van der Waals surface area contributed by atoms with E-state index in [9.17, 15) is 4.79 Å². The standard InChI is InChI=1S/C20H27N5O2/c1-15-4-7-21-17(12-15)20-22-18(27-23-20)13-16-5-10-25(11-6-16)19(26)14-24-8-2-3-9-24/h4,7,12,16H,2-3,5-6,8-11,13-14H2,1H3. The normalized spacial score (nSPS) is 18.9. The highest BCUT2D eigenvalue weighted by atomic mass is 16.5. The van der Waals surface area contributed by atoms with Crippen LogP contribution in [0, 0.1) is 12.8 Å². The van der Waals surface area contributed by atoms with E-state index in [1.54, 1.807) is 6.20 Å². The predicted molar refractivity (Wildman–Crippen MR) is 101 cm³/mol. The minimum atomic E-state index is 0.279. The molecule has 0 aliphatic carbocycles. The van der Waals surface area contributed by atoms with Crippen molar-refractivity contribution in [2.24, 2.45) is 5.92 Å². The predicted octanol–water partition coefficient (Wildman–Crippen LogP) is 2.32. The number of hydrogen-bond donors (Lipinski definition) is 0. The molecule has 4 rings (SSSR count). The van der Waals surface area contributed by atoms with Gasteiger partial charge in [0.05, 0.1) is 6.54 Å². The summed E-state index contributed by atoms with van der Waals surface area (Å²) in [4.78, 5) is 25.6. The van der Waals surface area contributed by atoms with Crippen LogP contribution in [-0.2, 0) is 11.2 Å². The zero-order chi connectivity index (χ0) is 18.6. The van der Waals surface area contributed by atoms with Gasteiger partial charge in [-0.25, -0.2) is 0 Å². The van der Waals surface area contributed by atoms with Crippen LogP contribution in [0.4, 0.5) is 0 Å². The summed E-state index contributed by atoms with van der Waals surface area (Å²) in [5.74, 6) is 1.97. The smallest absolute Gasteiger partial charge is 0.236 e. The maximum absolute atomic E-state index is 12.4. The Morgan fingerprint density at radius 3 is 2.74 bits per heavy atom. The average Bonchev–Trinajstić information content (AvgIpc) is 3.34. The lowest BCUT2D eigenvalue weighted by Crippen LogP contribution is -2.43. The third kappa shape index (κ3) is 4.53. The van der Waals surface area contributed by atoms with Gasteiger partial charge in [-0.05, 0) is 69.3 Å². The van der Waals surface area contributed by atoms with Gasteiger partial charge in [-0.3, -0.25) is 14.7 Å². The number of rotatable bonds is 5. The van der Waals surface area contributed by atoms with E-state index in [1.807, 2.05) is 24.0 Å². The van der Waals surface area contributed by atoms with Crippen LogP contribution in [0.25, 0.3) is 11.5 Å². The maximum Gasteiger partial charge on any atom is 0.236 e. The second kappa shape index (κ2) is 8.17. The summed E-state index contributed by atoms with van der Waals surface area (Å²) < 4.78 is 5.44. The van der Waals surface area contributed by atoms with Gasteiger partial charge in [0.2, 0.25) is 17.6 Å². The van der Waals surface area contributed by atoms with Crippen molar-refractivity contribution in [1.29, 1.82) is 0 Å². The number of likely N-dealkylation sites (tertiary alicyclic amines) is 2. The van der Waals surface area contributed by atoms with E-state index in [2.05, 4.69) is 20.0 Å². The molecular formula is C20H27N5O2. The first kappa shape index (κ1) is 18.1. The molecule has 7 heteroatoms. The first-order chi connectivity index (χ1) is 13.2. The van der Waals surface area contributed by atoms with E-state index in [1.165, 1.54) is 12.8 Å². The lowest BCUT2D eigenvalue weighted by Gasteiger charge is -2.32. The molecule has 2 saturated heterocycles. The number of hydrogen-bond acceptors (Lipinski definition) is 6. The zero-order valence-electron chi connectivity index (χ0n) is 15.9. The number of carbonyl (C=O) groups excluding carboxylic acids is 1. The van der Waals surface area contributed by atoms with Gasteiger partial charge in [0.15, 0.2) is 0 Å². The van der Waals surface area contributed by atoms with Gasteiger partial charge >= 0.3 is 0 Å². The van der Waals surface area contributed by atoms with Gasteiger partial charge in [-0.15, -0.1) is 0 Å². The highest BCUT2D eigenvalue weighted by molar-refractivity contribution is 5.78. The van der Waals surface area contributed by atoms with Crippen LogP contribution in [0.15, 0.2) is 22.9 Å². The maximum atomic E-state index is 12.4. The molecule has 0 aromatic carbocycles. The third-order valence-electron chi connectivity index (χ3n) is 5.60. The van der Waals surface area contributed by atoms with Crippen molar-refractivity contribution in [2.45, 2.75) is 39.0 Å². The molecule has 2 aliphatic rings. The number of carbonyl (C=O) groups is 1. The molecule has 7 nitrogen and oxygen atoms in total. The number of amides is 1. The van der Waals surface area contributed by atoms with Crippen LogP contribution >= 0.6 is 0 Å². The fraction of sp³-hybridized carbons (Fsp3) is 0.600. The number of aromatic nitrogens is 3.